The lowest BCUT2D eigenvalue weighted by Crippen LogP contribution is -2.39. The summed E-state index contributed by atoms with van der Waals surface area (Å²) in [6.45, 7) is 3.09. The molecule has 1 heterocycles. The van der Waals surface area contributed by atoms with Crippen LogP contribution in [0.4, 0.5) is 5.69 Å². The Bertz CT molecular complexity index is 427. The number of rotatable bonds is 3. The van der Waals surface area contributed by atoms with E-state index in [-0.39, 0.29) is 5.41 Å². The minimum Gasteiger partial charge on any atom is -0.491 e. The average Bonchev–Trinajstić information content (AvgIpc) is 2.83. The van der Waals surface area contributed by atoms with Crippen LogP contribution in [0.2, 0.25) is 0 Å². The SMILES string of the molecule is OCC1(CN2CCCOc3ccccc32)CCCC1. The zero-order valence-corrected chi connectivity index (χ0v) is 11.5. The van der Waals surface area contributed by atoms with E-state index in [1.54, 1.807) is 0 Å². The maximum absolute atomic E-state index is 9.81. The van der Waals surface area contributed by atoms with E-state index >= 15 is 0 Å². The average molecular weight is 261 g/mol. The van der Waals surface area contributed by atoms with Gasteiger partial charge in [-0.25, -0.2) is 0 Å². The quantitative estimate of drug-likeness (QED) is 0.908. The van der Waals surface area contributed by atoms with Crippen molar-refractivity contribution in [2.45, 2.75) is 32.1 Å². The predicted octanol–water partition coefficient (Wildman–Crippen LogP) is 2.83. The van der Waals surface area contributed by atoms with Crippen molar-refractivity contribution in [2.24, 2.45) is 5.41 Å². The molecule has 1 aliphatic carbocycles. The first-order chi connectivity index (χ1) is 9.33. The summed E-state index contributed by atoms with van der Waals surface area (Å²) in [6, 6.07) is 8.29. The fourth-order valence-corrected chi connectivity index (χ4v) is 3.46. The van der Waals surface area contributed by atoms with Gasteiger partial charge in [0.1, 0.15) is 5.75 Å². The number of anilines is 1. The second kappa shape index (κ2) is 5.41. The Kier molecular flexibility index (Phi) is 3.65. The van der Waals surface area contributed by atoms with Crippen LogP contribution in [0.5, 0.6) is 5.75 Å². The van der Waals surface area contributed by atoms with Crippen molar-refractivity contribution in [1.29, 1.82) is 0 Å². The molecule has 1 saturated carbocycles. The number of benzene rings is 1. The maximum atomic E-state index is 9.81. The Morgan fingerprint density at radius 1 is 1.16 bits per heavy atom. The van der Waals surface area contributed by atoms with Gasteiger partial charge >= 0.3 is 0 Å². The second-order valence-corrected chi connectivity index (χ2v) is 5.96. The van der Waals surface area contributed by atoms with E-state index < -0.39 is 0 Å². The van der Waals surface area contributed by atoms with E-state index in [0.29, 0.717) is 6.61 Å². The lowest BCUT2D eigenvalue weighted by molar-refractivity contribution is 0.135. The van der Waals surface area contributed by atoms with Gasteiger partial charge in [-0.15, -0.1) is 0 Å². The molecule has 3 heteroatoms. The molecule has 1 N–H and O–H groups in total. The van der Waals surface area contributed by atoms with Crippen molar-refractivity contribution < 1.29 is 9.84 Å². The summed E-state index contributed by atoms with van der Waals surface area (Å²) < 4.78 is 5.81. The van der Waals surface area contributed by atoms with Crippen molar-refractivity contribution in [2.75, 3.05) is 31.2 Å². The van der Waals surface area contributed by atoms with Gasteiger partial charge in [-0.3, -0.25) is 0 Å². The molecule has 0 saturated heterocycles. The van der Waals surface area contributed by atoms with Crippen LogP contribution < -0.4 is 9.64 Å². The highest BCUT2D eigenvalue weighted by Crippen LogP contribution is 2.41. The maximum Gasteiger partial charge on any atom is 0.142 e. The van der Waals surface area contributed by atoms with Crippen LogP contribution in [0, 0.1) is 5.41 Å². The lowest BCUT2D eigenvalue weighted by Gasteiger charge is -2.35. The fourth-order valence-electron chi connectivity index (χ4n) is 3.46. The smallest absolute Gasteiger partial charge is 0.142 e. The number of aliphatic hydroxyl groups excluding tert-OH is 1. The molecule has 0 radical (unpaired) electrons. The fraction of sp³-hybridized carbons (Fsp3) is 0.625. The van der Waals surface area contributed by atoms with Gasteiger partial charge in [0, 0.05) is 18.5 Å². The van der Waals surface area contributed by atoms with Crippen LogP contribution in [-0.2, 0) is 0 Å². The summed E-state index contributed by atoms with van der Waals surface area (Å²) in [4.78, 5) is 2.42. The molecule has 1 fully saturated rings. The summed E-state index contributed by atoms with van der Waals surface area (Å²) in [5.74, 6) is 0.992. The summed E-state index contributed by atoms with van der Waals surface area (Å²) in [5, 5.41) is 9.81. The molecule has 0 spiro atoms. The molecule has 1 aromatic rings. The van der Waals surface area contributed by atoms with Gasteiger partial charge in [0.15, 0.2) is 0 Å². The van der Waals surface area contributed by atoms with Crippen molar-refractivity contribution in [3.63, 3.8) is 0 Å². The minimum atomic E-state index is 0.109. The highest BCUT2D eigenvalue weighted by molar-refractivity contribution is 5.59. The third-order valence-electron chi connectivity index (χ3n) is 4.56. The summed E-state index contributed by atoms with van der Waals surface area (Å²) in [5.41, 5.74) is 1.30. The topological polar surface area (TPSA) is 32.7 Å². The van der Waals surface area contributed by atoms with Crippen LogP contribution in [0.1, 0.15) is 32.1 Å². The molecule has 3 nitrogen and oxygen atoms in total. The number of para-hydroxylation sites is 2. The zero-order chi connectivity index (χ0) is 13.1. The van der Waals surface area contributed by atoms with E-state index in [2.05, 4.69) is 17.0 Å². The molecule has 1 aliphatic heterocycles. The second-order valence-electron chi connectivity index (χ2n) is 5.96. The molecule has 2 aliphatic rings. The molecule has 0 atom stereocenters. The molecule has 3 rings (SSSR count). The standard InChI is InChI=1S/C16H23NO2/c18-13-16(8-3-4-9-16)12-17-10-5-11-19-15-7-2-1-6-14(15)17/h1-2,6-7,18H,3-5,8-13H2. The van der Waals surface area contributed by atoms with E-state index in [4.69, 9.17) is 4.74 Å². The Hall–Kier alpha value is -1.22. The monoisotopic (exact) mass is 261 g/mol. The summed E-state index contributed by atoms with van der Waals surface area (Å²) in [7, 11) is 0. The molecule has 19 heavy (non-hydrogen) atoms. The van der Waals surface area contributed by atoms with Gasteiger partial charge in [0.2, 0.25) is 0 Å². The van der Waals surface area contributed by atoms with E-state index in [1.807, 2.05) is 12.1 Å². The summed E-state index contributed by atoms with van der Waals surface area (Å²) in [6.07, 6.45) is 5.88. The Morgan fingerprint density at radius 2 is 1.95 bits per heavy atom. The highest BCUT2D eigenvalue weighted by Gasteiger charge is 2.35. The molecule has 1 aromatic carbocycles. The van der Waals surface area contributed by atoms with Gasteiger partial charge in [-0.2, -0.15) is 0 Å². The first-order valence-electron chi connectivity index (χ1n) is 7.41. The van der Waals surface area contributed by atoms with Gasteiger partial charge < -0.3 is 14.7 Å². The predicted molar refractivity (Wildman–Crippen MR) is 76.8 cm³/mol. The Labute approximate surface area is 115 Å². The molecular weight excluding hydrogens is 238 g/mol. The van der Waals surface area contributed by atoms with E-state index in [0.717, 1.165) is 44.7 Å². The largest absolute Gasteiger partial charge is 0.491 e. The van der Waals surface area contributed by atoms with Crippen LogP contribution in [0.3, 0.4) is 0 Å². The van der Waals surface area contributed by atoms with E-state index in [1.165, 1.54) is 18.5 Å². The third-order valence-corrected chi connectivity index (χ3v) is 4.56. The van der Waals surface area contributed by atoms with Gasteiger partial charge in [0.25, 0.3) is 0 Å². The number of nitrogens with zero attached hydrogens (tertiary/aromatic N) is 1. The Balaban J connectivity index is 1.84. The van der Waals surface area contributed by atoms with Gasteiger partial charge in [0.05, 0.1) is 18.9 Å². The number of aliphatic hydroxyl groups is 1. The minimum absolute atomic E-state index is 0.109. The van der Waals surface area contributed by atoms with Crippen LogP contribution in [0.15, 0.2) is 24.3 Å². The first kappa shape index (κ1) is 12.8. The van der Waals surface area contributed by atoms with Gasteiger partial charge in [-0.1, -0.05) is 25.0 Å². The zero-order valence-electron chi connectivity index (χ0n) is 11.5. The molecule has 104 valence electrons. The van der Waals surface area contributed by atoms with Crippen molar-refractivity contribution in [1.82, 2.24) is 0 Å². The molecule has 0 amide bonds. The van der Waals surface area contributed by atoms with E-state index in [9.17, 15) is 5.11 Å². The van der Waals surface area contributed by atoms with Crippen LogP contribution in [-0.4, -0.2) is 31.4 Å². The van der Waals surface area contributed by atoms with Crippen molar-refractivity contribution >= 4 is 5.69 Å². The lowest BCUT2D eigenvalue weighted by atomic mass is 9.86. The molecule has 0 unspecified atom stereocenters. The normalized spacial score (nSPS) is 21.6. The van der Waals surface area contributed by atoms with Gasteiger partial charge in [-0.05, 0) is 31.4 Å². The van der Waals surface area contributed by atoms with Crippen molar-refractivity contribution in [3.8, 4) is 5.75 Å². The molecule has 0 bridgehead atoms. The van der Waals surface area contributed by atoms with Crippen molar-refractivity contribution in [3.05, 3.63) is 24.3 Å². The third kappa shape index (κ3) is 2.57. The van der Waals surface area contributed by atoms with Crippen LogP contribution >= 0.6 is 0 Å². The number of ether oxygens (including phenoxy) is 1. The number of fused-ring (bicyclic) bond motifs is 1. The molecule has 0 aromatic heterocycles. The number of hydrogen-bond donors (Lipinski definition) is 1. The van der Waals surface area contributed by atoms with Crippen LogP contribution in [0.25, 0.3) is 0 Å². The summed E-state index contributed by atoms with van der Waals surface area (Å²) >= 11 is 0. The first-order valence-corrected chi connectivity index (χ1v) is 7.41. The highest BCUT2D eigenvalue weighted by atomic mass is 16.5. The molecular formula is C16H23NO2. The Morgan fingerprint density at radius 3 is 2.74 bits per heavy atom. The number of hydrogen-bond acceptors (Lipinski definition) is 3.